The van der Waals surface area contributed by atoms with E-state index in [-0.39, 0.29) is 12.8 Å². The lowest BCUT2D eigenvalue weighted by molar-refractivity contribution is -0.143. The number of thioether (sulfide) groups is 1. The van der Waals surface area contributed by atoms with Crippen molar-refractivity contribution >= 4 is 28.6 Å². The molecule has 5 rings (SSSR count). The molecule has 0 bridgehead atoms. The predicted molar refractivity (Wildman–Crippen MR) is 163 cm³/mol. The van der Waals surface area contributed by atoms with Crippen molar-refractivity contribution in [3.63, 3.8) is 0 Å². The highest BCUT2D eigenvalue weighted by Crippen LogP contribution is 2.42. The maximum Gasteiger partial charge on any atom is 0.249 e. The molecule has 0 unspecified atom stereocenters. The number of methoxy groups -OCH3 is 1. The average Bonchev–Trinajstić information content (AvgIpc) is 3.06. The van der Waals surface area contributed by atoms with Crippen LogP contribution < -0.4 is 10.2 Å². The summed E-state index contributed by atoms with van der Waals surface area (Å²) in [5.41, 5.74) is 2.82. The molecule has 0 aliphatic carbocycles. The molecule has 2 N–H and O–H groups in total. The molecule has 2 saturated heterocycles. The maximum absolute atomic E-state index is 16.5. The molecule has 244 valence electrons. The minimum atomic E-state index is -1.49. The summed E-state index contributed by atoms with van der Waals surface area (Å²) in [6, 6.07) is 7.34. The summed E-state index contributed by atoms with van der Waals surface area (Å²) in [5.74, 6) is -3.38. The molecule has 13 heteroatoms. The van der Waals surface area contributed by atoms with Gasteiger partial charge in [0.1, 0.15) is 11.9 Å². The number of alkyl halides is 1. The van der Waals surface area contributed by atoms with Crippen LogP contribution in [0, 0.1) is 22.9 Å². The van der Waals surface area contributed by atoms with E-state index in [2.05, 4.69) is 14.8 Å². The van der Waals surface area contributed by atoms with E-state index in [1.54, 1.807) is 31.5 Å². The van der Waals surface area contributed by atoms with Crippen LogP contribution in [0.2, 0.25) is 0 Å². The Morgan fingerprint density at radius 2 is 1.82 bits per heavy atom. The molecule has 0 radical (unpaired) electrons. The number of carbonyl (C=O) groups is 1. The topological polar surface area (TPSA) is 87.2 Å². The van der Waals surface area contributed by atoms with Gasteiger partial charge >= 0.3 is 0 Å². The number of morpholine rings is 1. The van der Waals surface area contributed by atoms with E-state index >= 15 is 4.39 Å². The quantitative estimate of drug-likeness (QED) is 0.0854. The first kappa shape index (κ1) is 33.4. The second-order valence-electron chi connectivity index (χ2n) is 11.6. The zero-order chi connectivity index (χ0) is 32.0. The van der Waals surface area contributed by atoms with Gasteiger partial charge in [0.25, 0.3) is 0 Å². The Labute approximate surface area is 264 Å². The SMILES string of the molecule is COc1ccc2ncc(CN3CCOCC3)c([C@H](F)CCC3(C(=O)NO)CCN(CCSc4cc(F)c(F)c(F)c4)CC3)c2c1. The van der Waals surface area contributed by atoms with Gasteiger partial charge in [-0.2, -0.15) is 0 Å². The first-order valence-electron chi connectivity index (χ1n) is 15.1. The van der Waals surface area contributed by atoms with Gasteiger partial charge in [-0.05, 0) is 74.7 Å². The van der Waals surface area contributed by atoms with Crippen LogP contribution in [0.5, 0.6) is 5.75 Å². The Morgan fingerprint density at radius 3 is 2.49 bits per heavy atom. The van der Waals surface area contributed by atoms with Crippen LogP contribution in [0.15, 0.2) is 41.4 Å². The summed E-state index contributed by atoms with van der Waals surface area (Å²) in [6.07, 6.45) is 1.44. The van der Waals surface area contributed by atoms with Gasteiger partial charge in [0.2, 0.25) is 5.91 Å². The van der Waals surface area contributed by atoms with Crippen LogP contribution in [0.3, 0.4) is 0 Å². The molecule has 2 aromatic carbocycles. The number of nitrogens with zero attached hydrogens (tertiary/aromatic N) is 3. The van der Waals surface area contributed by atoms with Gasteiger partial charge < -0.3 is 14.4 Å². The number of halogens is 4. The minimum absolute atomic E-state index is 0.0669. The second-order valence-corrected chi connectivity index (χ2v) is 12.8. The van der Waals surface area contributed by atoms with Crippen LogP contribution in [0.1, 0.15) is 43.0 Å². The monoisotopic (exact) mass is 650 g/mol. The number of piperidine rings is 1. The van der Waals surface area contributed by atoms with Crippen molar-refractivity contribution in [3.05, 3.63) is 65.1 Å². The van der Waals surface area contributed by atoms with Crippen molar-refractivity contribution in [1.29, 1.82) is 0 Å². The smallest absolute Gasteiger partial charge is 0.249 e. The first-order chi connectivity index (χ1) is 21.7. The van der Waals surface area contributed by atoms with E-state index in [1.165, 1.54) is 11.8 Å². The number of aromatic nitrogens is 1. The number of hydrogen-bond acceptors (Lipinski definition) is 8. The number of fused-ring (bicyclic) bond motifs is 1. The van der Waals surface area contributed by atoms with Gasteiger partial charge in [0, 0.05) is 54.0 Å². The third kappa shape index (κ3) is 7.89. The fourth-order valence-electron chi connectivity index (χ4n) is 6.23. The van der Waals surface area contributed by atoms with E-state index in [0.717, 1.165) is 30.8 Å². The summed E-state index contributed by atoms with van der Waals surface area (Å²) >= 11 is 1.21. The van der Waals surface area contributed by atoms with Crippen LogP contribution in [-0.2, 0) is 16.1 Å². The molecule has 0 spiro atoms. The van der Waals surface area contributed by atoms with Crippen molar-refractivity contribution in [2.24, 2.45) is 5.41 Å². The molecule has 45 heavy (non-hydrogen) atoms. The fraction of sp³-hybridized carbons (Fsp3) is 0.500. The van der Waals surface area contributed by atoms with Gasteiger partial charge in [-0.25, -0.2) is 23.0 Å². The normalized spacial score (nSPS) is 18.2. The lowest BCUT2D eigenvalue weighted by Gasteiger charge is -2.40. The number of hydrogen-bond donors (Lipinski definition) is 2. The summed E-state index contributed by atoms with van der Waals surface area (Å²) in [6.45, 7) is 4.83. The summed E-state index contributed by atoms with van der Waals surface area (Å²) in [4.78, 5) is 22.2. The van der Waals surface area contributed by atoms with E-state index < -0.39 is 34.9 Å². The molecule has 3 aromatic rings. The van der Waals surface area contributed by atoms with Gasteiger partial charge in [-0.1, -0.05) is 0 Å². The number of rotatable bonds is 12. The number of ether oxygens (including phenoxy) is 2. The summed E-state index contributed by atoms with van der Waals surface area (Å²) in [5, 5.41) is 10.3. The second kappa shape index (κ2) is 15.1. The molecule has 2 fully saturated rings. The van der Waals surface area contributed by atoms with Crippen molar-refractivity contribution < 1.29 is 37.0 Å². The van der Waals surface area contributed by atoms with Crippen molar-refractivity contribution in [2.45, 2.75) is 43.3 Å². The average molecular weight is 651 g/mol. The first-order valence-corrected chi connectivity index (χ1v) is 16.1. The molecule has 1 aromatic heterocycles. The fourth-order valence-corrected chi connectivity index (χ4v) is 7.18. The number of likely N-dealkylation sites (tertiary alicyclic amines) is 1. The molecular weight excluding hydrogens is 612 g/mol. The largest absolute Gasteiger partial charge is 0.497 e. The number of benzene rings is 2. The molecule has 3 heterocycles. The van der Waals surface area contributed by atoms with Gasteiger partial charge in [-0.3, -0.25) is 19.9 Å². The van der Waals surface area contributed by atoms with E-state index in [1.807, 2.05) is 5.48 Å². The lowest BCUT2D eigenvalue weighted by Crippen LogP contribution is -2.48. The Hall–Kier alpha value is -2.97. The lowest BCUT2D eigenvalue weighted by atomic mass is 9.73. The molecule has 2 aliphatic rings. The molecule has 2 aliphatic heterocycles. The van der Waals surface area contributed by atoms with Crippen LogP contribution in [-0.4, -0.2) is 84.7 Å². The highest BCUT2D eigenvalue weighted by Gasteiger charge is 2.41. The molecule has 8 nitrogen and oxygen atoms in total. The molecule has 1 amide bonds. The minimum Gasteiger partial charge on any atom is -0.497 e. The molecule has 1 atom stereocenters. The van der Waals surface area contributed by atoms with Gasteiger partial charge in [-0.15, -0.1) is 11.8 Å². The van der Waals surface area contributed by atoms with Crippen molar-refractivity contribution in [1.82, 2.24) is 20.3 Å². The zero-order valence-electron chi connectivity index (χ0n) is 25.2. The standard InChI is InChI=1S/C32H38F4N4O4S/c1-43-22-2-3-28-24(16-22)29(21(19-37-28)20-40-10-13-44-14-11-40)25(33)4-5-32(31(41)38-42)6-8-39(9-7-32)12-15-45-23-17-26(34)30(36)27(35)18-23/h2-3,16-19,25,42H,4-15,20H2,1H3,(H,38,41)/t25-/m1/s1. The van der Waals surface area contributed by atoms with Gasteiger partial charge in [0.15, 0.2) is 17.5 Å². The van der Waals surface area contributed by atoms with Crippen LogP contribution in [0.25, 0.3) is 10.9 Å². The van der Waals surface area contributed by atoms with Gasteiger partial charge in [0.05, 0.1) is 31.3 Å². The Morgan fingerprint density at radius 1 is 1.11 bits per heavy atom. The number of pyridine rings is 1. The highest BCUT2D eigenvalue weighted by molar-refractivity contribution is 7.99. The third-order valence-corrected chi connectivity index (χ3v) is 9.87. The predicted octanol–water partition coefficient (Wildman–Crippen LogP) is 5.66. The number of amides is 1. The van der Waals surface area contributed by atoms with Crippen LogP contribution in [0.4, 0.5) is 17.6 Å². The van der Waals surface area contributed by atoms with E-state index in [9.17, 15) is 23.2 Å². The number of nitrogens with one attached hydrogen (secondary N) is 1. The van der Waals surface area contributed by atoms with Crippen molar-refractivity contribution in [2.75, 3.05) is 58.8 Å². The van der Waals surface area contributed by atoms with E-state index in [0.29, 0.717) is 85.1 Å². The zero-order valence-corrected chi connectivity index (χ0v) is 26.0. The Bertz CT molecular complexity index is 1460. The Kier molecular flexibility index (Phi) is 11.2. The van der Waals surface area contributed by atoms with Crippen molar-refractivity contribution in [3.8, 4) is 5.75 Å². The summed E-state index contributed by atoms with van der Waals surface area (Å²) < 4.78 is 67.8. The maximum atomic E-state index is 16.5. The third-order valence-electron chi connectivity index (χ3n) is 8.92. The van der Waals surface area contributed by atoms with E-state index in [4.69, 9.17) is 9.47 Å². The number of carbonyl (C=O) groups excluding carboxylic acids is 1. The highest BCUT2D eigenvalue weighted by atomic mass is 32.2. The Balaban J connectivity index is 1.27. The summed E-state index contributed by atoms with van der Waals surface area (Å²) in [7, 11) is 1.56. The molecule has 0 saturated carbocycles. The van der Waals surface area contributed by atoms with Crippen LogP contribution >= 0.6 is 11.8 Å². The number of hydroxylamine groups is 1. The molecular formula is C32H38F4N4O4S.